The van der Waals surface area contributed by atoms with Crippen LogP contribution >= 0.6 is 0 Å². The summed E-state index contributed by atoms with van der Waals surface area (Å²) in [6.45, 7) is 8.11. The molecule has 20 heavy (non-hydrogen) atoms. The highest BCUT2D eigenvalue weighted by atomic mass is 16.6. The van der Waals surface area contributed by atoms with Crippen molar-refractivity contribution < 1.29 is 4.92 Å². The van der Waals surface area contributed by atoms with Gasteiger partial charge in [0, 0.05) is 43.0 Å². The van der Waals surface area contributed by atoms with E-state index in [0.717, 1.165) is 25.2 Å². The molecule has 2 rings (SSSR count). The summed E-state index contributed by atoms with van der Waals surface area (Å²) >= 11 is 0. The van der Waals surface area contributed by atoms with Crippen LogP contribution in [0.3, 0.4) is 0 Å². The standard InChI is InChI=1S/C14H22N4O2/c1-9-4-12(15)7-17(6-9)8-13-11(3)14(18(19)20)10(2)5-16-13/h5,9,12H,4,6-8,15H2,1-3H3. The predicted molar refractivity (Wildman–Crippen MR) is 77.4 cm³/mol. The number of hydrogen-bond donors (Lipinski definition) is 1. The van der Waals surface area contributed by atoms with Gasteiger partial charge in [0.05, 0.1) is 10.6 Å². The molecule has 2 atom stereocenters. The van der Waals surface area contributed by atoms with Crippen molar-refractivity contribution in [1.29, 1.82) is 0 Å². The van der Waals surface area contributed by atoms with Crippen LogP contribution in [0.25, 0.3) is 0 Å². The highest BCUT2D eigenvalue weighted by Gasteiger charge is 2.25. The van der Waals surface area contributed by atoms with Crippen LogP contribution < -0.4 is 5.73 Å². The molecule has 1 aliphatic heterocycles. The van der Waals surface area contributed by atoms with E-state index in [9.17, 15) is 10.1 Å². The minimum Gasteiger partial charge on any atom is -0.327 e. The van der Waals surface area contributed by atoms with E-state index in [1.165, 1.54) is 0 Å². The number of pyridine rings is 1. The Bertz CT molecular complexity index is 508. The van der Waals surface area contributed by atoms with Crippen LogP contribution in [-0.2, 0) is 6.54 Å². The molecule has 110 valence electrons. The molecule has 0 spiro atoms. The second-order valence-electron chi connectivity index (χ2n) is 5.91. The second-order valence-corrected chi connectivity index (χ2v) is 5.91. The maximum atomic E-state index is 11.1. The lowest BCUT2D eigenvalue weighted by Crippen LogP contribution is -2.46. The van der Waals surface area contributed by atoms with E-state index in [1.807, 2.05) is 0 Å². The Balaban J connectivity index is 2.21. The lowest BCUT2D eigenvalue weighted by molar-refractivity contribution is -0.386. The fourth-order valence-corrected chi connectivity index (χ4v) is 3.06. The maximum Gasteiger partial charge on any atom is 0.278 e. The number of nitrogens with two attached hydrogens (primary N) is 1. The third kappa shape index (κ3) is 3.13. The largest absolute Gasteiger partial charge is 0.327 e. The minimum absolute atomic E-state index is 0.180. The van der Waals surface area contributed by atoms with E-state index < -0.39 is 0 Å². The molecule has 1 saturated heterocycles. The van der Waals surface area contributed by atoms with Crippen LogP contribution in [0.15, 0.2) is 6.20 Å². The van der Waals surface area contributed by atoms with Gasteiger partial charge < -0.3 is 5.73 Å². The Labute approximate surface area is 119 Å². The first kappa shape index (κ1) is 14.9. The molecule has 1 aromatic heterocycles. The molecular weight excluding hydrogens is 256 g/mol. The molecule has 2 N–H and O–H groups in total. The van der Waals surface area contributed by atoms with E-state index in [-0.39, 0.29) is 16.7 Å². The number of nitro groups is 1. The molecule has 6 heteroatoms. The van der Waals surface area contributed by atoms with Crippen molar-refractivity contribution >= 4 is 5.69 Å². The normalized spacial score (nSPS) is 23.8. The molecule has 0 radical (unpaired) electrons. The summed E-state index contributed by atoms with van der Waals surface area (Å²) in [7, 11) is 0. The molecule has 2 unspecified atom stereocenters. The number of piperidine rings is 1. The average molecular weight is 278 g/mol. The molecular formula is C14H22N4O2. The van der Waals surface area contributed by atoms with Crippen molar-refractivity contribution in [3.63, 3.8) is 0 Å². The molecule has 0 amide bonds. The summed E-state index contributed by atoms with van der Waals surface area (Å²) in [6, 6.07) is 0.180. The topological polar surface area (TPSA) is 85.3 Å². The first-order chi connectivity index (χ1) is 9.38. The van der Waals surface area contributed by atoms with Gasteiger partial charge >= 0.3 is 0 Å². The van der Waals surface area contributed by atoms with Crippen LogP contribution in [0, 0.1) is 29.9 Å². The van der Waals surface area contributed by atoms with Gasteiger partial charge in [-0.2, -0.15) is 0 Å². The van der Waals surface area contributed by atoms with Gasteiger partial charge in [-0.3, -0.25) is 20.0 Å². The third-order valence-electron chi connectivity index (χ3n) is 3.90. The molecule has 2 heterocycles. The van der Waals surface area contributed by atoms with Crippen LogP contribution in [0.5, 0.6) is 0 Å². The van der Waals surface area contributed by atoms with E-state index in [2.05, 4.69) is 16.8 Å². The van der Waals surface area contributed by atoms with Gasteiger partial charge in [-0.25, -0.2) is 0 Å². The van der Waals surface area contributed by atoms with Gasteiger partial charge in [-0.1, -0.05) is 6.92 Å². The molecule has 0 bridgehead atoms. The zero-order valence-electron chi connectivity index (χ0n) is 12.3. The van der Waals surface area contributed by atoms with Crippen molar-refractivity contribution in [3.8, 4) is 0 Å². The first-order valence-electron chi connectivity index (χ1n) is 6.96. The molecule has 0 aromatic carbocycles. The Morgan fingerprint density at radius 1 is 1.50 bits per heavy atom. The van der Waals surface area contributed by atoms with Crippen LogP contribution in [0.1, 0.15) is 30.2 Å². The van der Waals surface area contributed by atoms with Crippen LogP contribution in [0.2, 0.25) is 0 Å². The molecule has 1 aromatic rings. The average Bonchev–Trinajstić information content (AvgIpc) is 2.31. The number of aryl methyl sites for hydroxylation is 1. The quantitative estimate of drug-likeness (QED) is 0.673. The van der Waals surface area contributed by atoms with E-state index in [0.29, 0.717) is 23.6 Å². The first-order valence-corrected chi connectivity index (χ1v) is 6.96. The minimum atomic E-state index is -0.319. The van der Waals surface area contributed by atoms with Crippen LogP contribution in [-0.4, -0.2) is 33.9 Å². The highest BCUT2D eigenvalue weighted by Crippen LogP contribution is 2.26. The zero-order valence-corrected chi connectivity index (χ0v) is 12.3. The summed E-state index contributed by atoms with van der Waals surface area (Å²) in [5, 5.41) is 11.1. The number of likely N-dealkylation sites (tertiary alicyclic amines) is 1. The van der Waals surface area contributed by atoms with Gasteiger partial charge in [0.2, 0.25) is 0 Å². The molecule has 1 aliphatic rings. The maximum absolute atomic E-state index is 11.1. The smallest absolute Gasteiger partial charge is 0.278 e. The number of hydrogen-bond acceptors (Lipinski definition) is 5. The van der Waals surface area contributed by atoms with Gasteiger partial charge in [0.15, 0.2) is 0 Å². The number of nitrogens with zero attached hydrogens (tertiary/aromatic N) is 3. The fourth-order valence-electron chi connectivity index (χ4n) is 3.06. The molecule has 0 aliphatic carbocycles. The zero-order chi connectivity index (χ0) is 14.9. The molecule has 0 saturated carbocycles. The lowest BCUT2D eigenvalue weighted by Gasteiger charge is -2.34. The molecule has 1 fully saturated rings. The monoisotopic (exact) mass is 278 g/mol. The van der Waals surface area contributed by atoms with E-state index in [1.54, 1.807) is 20.0 Å². The van der Waals surface area contributed by atoms with Crippen molar-refractivity contribution in [1.82, 2.24) is 9.88 Å². The third-order valence-corrected chi connectivity index (χ3v) is 3.90. The summed E-state index contributed by atoms with van der Waals surface area (Å²) in [5.74, 6) is 0.555. The van der Waals surface area contributed by atoms with E-state index >= 15 is 0 Å². The van der Waals surface area contributed by atoms with Crippen molar-refractivity contribution in [3.05, 3.63) is 33.1 Å². The van der Waals surface area contributed by atoms with Gasteiger partial charge in [-0.05, 0) is 26.2 Å². The predicted octanol–water partition coefficient (Wildman–Crippen LogP) is 1.78. The van der Waals surface area contributed by atoms with Gasteiger partial charge in [-0.15, -0.1) is 0 Å². The van der Waals surface area contributed by atoms with Gasteiger partial charge in [0.25, 0.3) is 5.69 Å². The Morgan fingerprint density at radius 3 is 2.80 bits per heavy atom. The second kappa shape index (κ2) is 5.85. The SMILES string of the molecule is Cc1cnc(CN2CC(C)CC(N)C2)c(C)c1[N+](=O)[O-]. The lowest BCUT2D eigenvalue weighted by atomic mass is 9.96. The van der Waals surface area contributed by atoms with Crippen LogP contribution in [0.4, 0.5) is 5.69 Å². The van der Waals surface area contributed by atoms with Crippen molar-refractivity contribution in [2.75, 3.05) is 13.1 Å². The summed E-state index contributed by atoms with van der Waals surface area (Å²) in [6.07, 6.45) is 2.63. The highest BCUT2D eigenvalue weighted by molar-refractivity contribution is 5.47. The van der Waals surface area contributed by atoms with Gasteiger partial charge in [0.1, 0.15) is 0 Å². The van der Waals surface area contributed by atoms with E-state index in [4.69, 9.17) is 5.73 Å². The van der Waals surface area contributed by atoms with Crippen molar-refractivity contribution in [2.45, 2.75) is 39.8 Å². The summed E-state index contributed by atoms with van der Waals surface area (Å²) in [4.78, 5) is 17.4. The molecule has 6 nitrogen and oxygen atoms in total. The number of aromatic nitrogens is 1. The van der Waals surface area contributed by atoms with Crippen molar-refractivity contribution in [2.24, 2.45) is 11.7 Å². The number of rotatable bonds is 3. The summed E-state index contributed by atoms with van der Waals surface area (Å²) < 4.78 is 0. The Hall–Kier alpha value is -1.53. The fraction of sp³-hybridized carbons (Fsp3) is 0.643. The summed E-state index contributed by atoms with van der Waals surface area (Å²) in [5.41, 5.74) is 8.28. The Morgan fingerprint density at radius 2 is 2.20 bits per heavy atom. The Kier molecular flexibility index (Phi) is 4.35.